The van der Waals surface area contributed by atoms with E-state index in [0.29, 0.717) is 29.5 Å². The molecule has 0 amide bonds. The van der Waals surface area contributed by atoms with Crippen LogP contribution in [-0.4, -0.2) is 61.0 Å². The van der Waals surface area contributed by atoms with Crippen molar-refractivity contribution in [3.63, 3.8) is 0 Å². The number of halogens is 1. The molecule has 0 unspecified atom stereocenters. The highest BCUT2D eigenvalue weighted by Crippen LogP contribution is 2.36. The third-order valence-corrected chi connectivity index (χ3v) is 8.98. The van der Waals surface area contributed by atoms with Gasteiger partial charge in [0.1, 0.15) is 9.92 Å². The van der Waals surface area contributed by atoms with E-state index in [1.54, 1.807) is 45.0 Å². The van der Waals surface area contributed by atoms with Crippen LogP contribution in [0.3, 0.4) is 0 Å². The number of likely N-dealkylation sites (N-methyl/N-ethyl adjacent to an activating group) is 1. The van der Waals surface area contributed by atoms with Crippen LogP contribution in [0.4, 0.5) is 28.8 Å². The van der Waals surface area contributed by atoms with Crippen molar-refractivity contribution in [2.45, 2.75) is 56.6 Å². The summed E-state index contributed by atoms with van der Waals surface area (Å²) in [4.78, 5) is 13.9. The van der Waals surface area contributed by atoms with Gasteiger partial charge in [0.05, 0.1) is 11.9 Å². The van der Waals surface area contributed by atoms with Crippen molar-refractivity contribution < 1.29 is 8.42 Å². The first-order valence-corrected chi connectivity index (χ1v) is 14.5. The van der Waals surface area contributed by atoms with Crippen LogP contribution >= 0.6 is 11.6 Å². The Labute approximate surface area is 229 Å². The van der Waals surface area contributed by atoms with E-state index in [0.717, 1.165) is 18.8 Å². The highest BCUT2D eigenvalue weighted by atomic mass is 35.5. The Morgan fingerprint density at radius 1 is 1.05 bits per heavy atom. The van der Waals surface area contributed by atoms with Crippen LogP contribution in [-0.2, 0) is 10.0 Å². The van der Waals surface area contributed by atoms with Crippen LogP contribution in [0.2, 0.25) is 5.02 Å². The lowest BCUT2D eigenvalue weighted by atomic mass is 10.1. The maximum Gasteiger partial charge on any atom is 0.243 e. The van der Waals surface area contributed by atoms with E-state index < -0.39 is 15.6 Å². The molecule has 2 aliphatic rings. The number of nitrogens with one attached hydrogen (secondary N) is 3. The fourth-order valence-electron chi connectivity index (χ4n) is 5.25. The molecule has 2 bridgehead atoms. The minimum atomic E-state index is -3.78. The Bertz CT molecular complexity index is 1460. The Hall–Kier alpha value is -2.92. The molecule has 9 nitrogen and oxygen atoms in total. The quantitative estimate of drug-likeness (QED) is 0.378. The lowest BCUT2D eigenvalue weighted by molar-refractivity contribution is 0.292. The highest BCUT2D eigenvalue weighted by molar-refractivity contribution is 7.89. The number of hydrogen-bond acceptors (Lipinski definition) is 8. The largest absolute Gasteiger partial charge is 0.365 e. The van der Waals surface area contributed by atoms with Gasteiger partial charge < -0.3 is 15.5 Å². The van der Waals surface area contributed by atoms with Crippen molar-refractivity contribution in [3.8, 4) is 0 Å². The number of rotatable bonds is 7. The van der Waals surface area contributed by atoms with E-state index in [9.17, 15) is 8.42 Å². The van der Waals surface area contributed by atoms with Gasteiger partial charge in [-0.3, -0.25) is 4.90 Å². The number of likely N-dealkylation sites (tertiary alicyclic amines) is 1. The van der Waals surface area contributed by atoms with Gasteiger partial charge in [-0.1, -0.05) is 23.7 Å². The molecule has 0 saturated carbocycles. The van der Waals surface area contributed by atoms with Gasteiger partial charge in [0, 0.05) is 42.1 Å². The number of aryl methyl sites for hydroxylation is 1. The number of para-hydroxylation sites is 1. The molecular weight excluding hydrogens is 522 g/mol. The number of anilines is 5. The SMILES string of the molecule is Cc1cc(Nc2ncc(Cl)c(Nc3ccccc3S(=O)(=O)NC(C)(C)C)n2)ccc1N1C[C@@H]2C[C@H]1CN2C. The summed E-state index contributed by atoms with van der Waals surface area (Å²) in [5.41, 5.74) is 3.04. The number of nitrogens with zero attached hydrogens (tertiary/aromatic N) is 4. The molecule has 0 radical (unpaired) electrons. The van der Waals surface area contributed by atoms with Crippen LogP contribution in [0.15, 0.2) is 53.6 Å². The van der Waals surface area contributed by atoms with Gasteiger partial charge in [0.15, 0.2) is 5.82 Å². The summed E-state index contributed by atoms with van der Waals surface area (Å²) >= 11 is 6.39. The fraction of sp³-hybridized carbons (Fsp3) is 0.407. The van der Waals surface area contributed by atoms with Crippen molar-refractivity contribution in [2.75, 3.05) is 35.7 Å². The zero-order valence-corrected chi connectivity index (χ0v) is 23.9. The summed E-state index contributed by atoms with van der Waals surface area (Å²) in [6.45, 7) is 9.67. The van der Waals surface area contributed by atoms with E-state index in [1.807, 2.05) is 6.07 Å². The Kier molecular flexibility index (Phi) is 7.02. The first kappa shape index (κ1) is 26.7. The van der Waals surface area contributed by atoms with Gasteiger partial charge in [-0.15, -0.1) is 0 Å². The molecule has 0 spiro atoms. The van der Waals surface area contributed by atoms with Crippen LogP contribution in [0.5, 0.6) is 0 Å². The molecule has 3 heterocycles. The zero-order chi connectivity index (χ0) is 27.2. The molecule has 2 aromatic carbocycles. The van der Waals surface area contributed by atoms with E-state index in [4.69, 9.17) is 11.6 Å². The number of benzene rings is 2. The van der Waals surface area contributed by atoms with Crippen LogP contribution in [0, 0.1) is 6.92 Å². The predicted octanol–water partition coefficient (Wildman–Crippen LogP) is 4.90. The van der Waals surface area contributed by atoms with Crippen LogP contribution in [0.25, 0.3) is 0 Å². The first-order chi connectivity index (χ1) is 17.9. The molecule has 3 N–H and O–H groups in total. The second-order valence-electron chi connectivity index (χ2n) is 11.1. The average molecular weight is 556 g/mol. The summed E-state index contributed by atoms with van der Waals surface area (Å²) < 4.78 is 28.7. The molecule has 2 saturated heterocycles. The fourth-order valence-corrected chi connectivity index (χ4v) is 6.97. The topological polar surface area (TPSA) is 102 Å². The minimum absolute atomic E-state index is 0.104. The molecule has 11 heteroatoms. The van der Waals surface area contributed by atoms with Gasteiger partial charge in [0.2, 0.25) is 16.0 Å². The van der Waals surface area contributed by atoms with Gasteiger partial charge in [-0.25, -0.2) is 18.1 Å². The van der Waals surface area contributed by atoms with E-state index >= 15 is 0 Å². The second kappa shape index (κ2) is 10.00. The van der Waals surface area contributed by atoms with Gasteiger partial charge in [-0.05, 0) is 77.1 Å². The number of fused-ring (bicyclic) bond motifs is 2. The molecular formula is C27H34ClN7O2S. The normalized spacial score (nSPS) is 19.7. The maximum absolute atomic E-state index is 13.0. The summed E-state index contributed by atoms with van der Waals surface area (Å²) in [6.07, 6.45) is 2.71. The lowest BCUT2D eigenvalue weighted by Gasteiger charge is -2.34. The highest BCUT2D eigenvalue weighted by Gasteiger charge is 2.41. The average Bonchev–Trinajstić information content (AvgIpc) is 3.40. The van der Waals surface area contributed by atoms with E-state index in [1.165, 1.54) is 23.9 Å². The third kappa shape index (κ3) is 5.58. The van der Waals surface area contributed by atoms with Crippen molar-refractivity contribution in [2.24, 2.45) is 0 Å². The molecule has 1 aromatic heterocycles. The molecule has 2 atom stereocenters. The first-order valence-electron chi connectivity index (χ1n) is 12.7. The summed E-state index contributed by atoms with van der Waals surface area (Å²) in [7, 11) is -1.58. The molecule has 202 valence electrons. The standard InChI is InChI=1S/C27H34ClN7O2S/c1-17-12-18(10-11-23(17)35-16-19-13-20(35)15-34(19)5)30-26-29-14-21(28)25(32-26)31-22-8-6-7-9-24(22)38(36,37)33-27(2,3)4/h6-12,14,19-20,33H,13,15-16H2,1-5H3,(H2,29,30,31,32)/t19-,20-/m0/s1. The van der Waals surface area contributed by atoms with Crippen molar-refractivity contribution in [3.05, 3.63) is 59.2 Å². The molecule has 2 aliphatic heterocycles. The van der Waals surface area contributed by atoms with Crippen molar-refractivity contribution >= 4 is 50.5 Å². The molecule has 2 fully saturated rings. The number of aromatic nitrogens is 2. The van der Waals surface area contributed by atoms with Gasteiger partial charge in [0.25, 0.3) is 0 Å². The molecule has 5 rings (SSSR count). The summed E-state index contributed by atoms with van der Waals surface area (Å²) in [5, 5.41) is 6.61. The lowest BCUT2D eigenvalue weighted by Crippen LogP contribution is -2.44. The summed E-state index contributed by atoms with van der Waals surface area (Å²) in [6, 6.07) is 14.1. The number of sulfonamides is 1. The number of hydrogen-bond donors (Lipinski definition) is 3. The smallest absolute Gasteiger partial charge is 0.243 e. The second-order valence-corrected chi connectivity index (χ2v) is 13.2. The molecule has 38 heavy (non-hydrogen) atoms. The van der Waals surface area contributed by atoms with Crippen molar-refractivity contribution in [1.29, 1.82) is 0 Å². The Morgan fingerprint density at radius 2 is 1.82 bits per heavy atom. The van der Waals surface area contributed by atoms with Crippen LogP contribution < -0.4 is 20.3 Å². The van der Waals surface area contributed by atoms with E-state index in [-0.39, 0.29) is 9.92 Å². The Balaban J connectivity index is 1.35. The molecule has 0 aliphatic carbocycles. The number of piperazine rings is 1. The van der Waals surface area contributed by atoms with Gasteiger partial charge >= 0.3 is 0 Å². The summed E-state index contributed by atoms with van der Waals surface area (Å²) in [5.74, 6) is 0.646. The Morgan fingerprint density at radius 3 is 2.47 bits per heavy atom. The van der Waals surface area contributed by atoms with Crippen LogP contribution in [0.1, 0.15) is 32.8 Å². The monoisotopic (exact) mass is 555 g/mol. The molecule has 3 aromatic rings. The maximum atomic E-state index is 13.0. The van der Waals surface area contributed by atoms with E-state index in [2.05, 4.69) is 61.2 Å². The third-order valence-electron chi connectivity index (χ3n) is 6.89. The van der Waals surface area contributed by atoms with Gasteiger partial charge in [-0.2, -0.15) is 4.98 Å². The predicted molar refractivity (Wildman–Crippen MR) is 153 cm³/mol. The van der Waals surface area contributed by atoms with Crippen molar-refractivity contribution in [1.82, 2.24) is 19.6 Å². The minimum Gasteiger partial charge on any atom is -0.365 e. The zero-order valence-electron chi connectivity index (χ0n) is 22.3.